The third kappa shape index (κ3) is 3.77. The van der Waals surface area contributed by atoms with Crippen molar-refractivity contribution in [2.75, 3.05) is 0 Å². The first-order valence-corrected chi connectivity index (χ1v) is 9.22. The summed E-state index contributed by atoms with van der Waals surface area (Å²) in [6, 6.07) is 2.80. The highest BCUT2D eigenvalue weighted by Crippen LogP contribution is 2.25. The van der Waals surface area contributed by atoms with E-state index in [1.165, 1.54) is 10.9 Å². The number of nitrogens with one attached hydrogen (secondary N) is 2. The van der Waals surface area contributed by atoms with Crippen molar-refractivity contribution in [3.05, 3.63) is 52.5 Å². The summed E-state index contributed by atoms with van der Waals surface area (Å²) in [7, 11) is 1.70. The molecule has 148 valence electrons. The largest absolute Gasteiger partial charge is 0.345 e. The SMILES string of the molecule is CC(C)C(C(=O)NNC(=O)c1cc(Br)cn1C)n1cnc2cc(F)c(F)cc21. The Hall–Kier alpha value is -2.75. The van der Waals surface area contributed by atoms with Crippen molar-refractivity contribution in [2.24, 2.45) is 13.0 Å². The lowest BCUT2D eigenvalue weighted by molar-refractivity contribution is -0.126. The number of hydrogen-bond donors (Lipinski definition) is 2. The van der Waals surface area contributed by atoms with Crippen molar-refractivity contribution < 1.29 is 18.4 Å². The molecule has 0 saturated heterocycles. The van der Waals surface area contributed by atoms with Crippen LogP contribution in [0.4, 0.5) is 8.78 Å². The van der Waals surface area contributed by atoms with Gasteiger partial charge in [-0.2, -0.15) is 0 Å². The van der Waals surface area contributed by atoms with Crippen LogP contribution in [0.15, 0.2) is 35.2 Å². The highest BCUT2D eigenvalue weighted by molar-refractivity contribution is 9.10. The normalized spacial score (nSPS) is 12.4. The maximum absolute atomic E-state index is 13.7. The average molecular weight is 454 g/mol. The molecule has 2 N–H and O–H groups in total. The van der Waals surface area contributed by atoms with Crippen molar-refractivity contribution >= 4 is 38.8 Å². The van der Waals surface area contributed by atoms with Crippen LogP contribution >= 0.6 is 15.9 Å². The van der Waals surface area contributed by atoms with Crippen LogP contribution in [0, 0.1) is 17.6 Å². The van der Waals surface area contributed by atoms with Gasteiger partial charge in [0.25, 0.3) is 11.8 Å². The Kier molecular flexibility index (Phi) is 5.50. The molecule has 1 atom stereocenters. The molecular formula is C18H18BrF2N5O2. The number of halogens is 3. The maximum atomic E-state index is 13.7. The minimum Gasteiger partial charge on any atom is -0.345 e. The molecule has 0 aliphatic carbocycles. The Bertz CT molecular complexity index is 1060. The van der Waals surface area contributed by atoms with E-state index >= 15 is 0 Å². The molecule has 3 rings (SSSR count). The van der Waals surface area contributed by atoms with Gasteiger partial charge >= 0.3 is 0 Å². The highest BCUT2D eigenvalue weighted by atomic mass is 79.9. The number of hydrazine groups is 1. The first-order chi connectivity index (χ1) is 13.2. The van der Waals surface area contributed by atoms with Crippen LogP contribution in [0.1, 0.15) is 30.4 Å². The van der Waals surface area contributed by atoms with Crippen molar-refractivity contribution in [3.63, 3.8) is 0 Å². The maximum Gasteiger partial charge on any atom is 0.286 e. The number of rotatable bonds is 4. The Labute approximate surface area is 167 Å². The molecule has 0 fully saturated rings. The fourth-order valence-corrected chi connectivity index (χ4v) is 3.52. The van der Waals surface area contributed by atoms with E-state index in [9.17, 15) is 18.4 Å². The smallest absolute Gasteiger partial charge is 0.286 e. The Morgan fingerprint density at radius 2 is 1.82 bits per heavy atom. The summed E-state index contributed by atoms with van der Waals surface area (Å²) in [6.45, 7) is 3.60. The molecule has 10 heteroatoms. The number of aromatic nitrogens is 3. The number of amides is 2. The third-order valence-corrected chi connectivity index (χ3v) is 4.75. The Morgan fingerprint density at radius 1 is 1.14 bits per heavy atom. The van der Waals surface area contributed by atoms with Crippen molar-refractivity contribution in [1.29, 1.82) is 0 Å². The quantitative estimate of drug-likeness (QED) is 0.595. The highest BCUT2D eigenvalue weighted by Gasteiger charge is 2.27. The van der Waals surface area contributed by atoms with Gasteiger partial charge in [0, 0.05) is 29.8 Å². The van der Waals surface area contributed by atoms with Gasteiger partial charge < -0.3 is 9.13 Å². The number of aryl methyl sites for hydroxylation is 1. The molecule has 0 radical (unpaired) electrons. The number of carbonyl (C=O) groups excluding carboxylic acids is 2. The summed E-state index contributed by atoms with van der Waals surface area (Å²) in [4.78, 5) is 29.1. The van der Waals surface area contributed by atoms with E-state index in [-0.39, 0.29) is 17.0 Å². The molecule has 0 aliphatic heterocycles. The number of benzene rings is 1. The van der Waals surface area contributed by atoms with Gasteiger partial charge in [-0.3, -0.25) is 20.4 Å². The van der Waals surface area contributed by atoms with Gasteiger partial charge in [0.15, 0.2) is 11.6 Å². The lowest BCUT2D eigenvalue weighted by Gasteiger charge is -2.22. The van der Waals surface area contributed by atoms with Gasteiger partial charge in [0.2, 0.25) is 0 Å². The molecule has 3 aromatic rings. The molecule has 2 heterocycles. The number of nitrogens with zero attached hydrogens (tertiary/aromatic N) is 3. The number of hydrogen-bond acceptors (Lipinski definition) is 3. The molecule has 0 bridgehead atoms. The third-order valence-electron chi connectivity index (χ3n) is 4.32. The molecule has 1 aromatic carbocycles. The molecule has 2 aromatic heterocycles. The van der Waals surface area contributed by atoms with E-state index in [1.807, 2.05) is 0 Å². The lowest BCUT2D eigenvalue weighted by Crippen LogP contribution is -2.46. The van der Waals surface area contributed by atoms with Crippen molar-refractivity contribution in [2.45, 2.75) is 19.9 Å². The first-order valence-electron chi connectivity index (χ1n) is 8.42. The van der Waals surface area contributed by atoms with Crippen LogP contribution in [-0.2, 0) is 11.8 Å². The second-order valence-corrected chi connectivity index (χ2v) is 7.61. The molecule has 0 spiro atoms. The standard InChI is InChI=1S/C18H18BrF2N5O2/c1-9(2)16(26-8-22-13-5-11(20)12(21)6-14(13)26)18(28)24-23-17(27)15-4-10(19)7-25(15)3/h4-9,16H,1-3H3,(H,23,27)(H,24,28). The molecule has 0 saturated carbocycles. The zero-order chi connectivity index (χ0) is 20.6. The predicted molar refractivity (Wildman–Crippen MR) is 102 cm³/mol. The topological polar surface area (TPSA) is 81.0 Å². The fourth-order valence-electron chi connectivity index (χ4n) is 3.00. The van der Waals surface area contributed by atoms with Crippen LogP contribution in [-0.4, -0.2) is 25.9 Å². The second kappa shape index (κ2) is 7.70. The fraction of sp³-hybridized carbons (Fsp3) is 0.278. The van der Waals surface area contributed by atoms with Gasteiger partial charge in [0.1, 0.15) is 11.7 Å². The van der Waals surface area contributed by atoms with Gasteiger partial charge in [-0.15, -0.1) is 0 Å². The van der Waals surface area contributed by atoms with Crippen LogP contribution in [0.5, 0.6) is 0 Å². The van der Waals surface area contributed by atoms with Gasteiger partial charge in [-0.05, 0) is 27.9 Å². The predicted octanol–water partition coefficient (Wildman–Crippen LogP) is 3.07. The van der Waals surface area contributed by atoms with Crippen LogP contribution in [0.3, 0.4) is 0 Å². The summed E-state index contributed by atoms with van der Waals surface area (Å²) in [5.74, 6) is -3.26. The average Bonchev–Trinajstić information content (AvgIpc) is 3.16. The van der Waals surface area contributed by atoms with Gasteiger partial charge in [-0.25, -0.2) is 13.8 Å². The van der Waals surface area contributed by atoms with E-state index in [1.54, 1.807) is 37.7 Å². The Morgan fingerprint density at radius 3 is 2.43 bits per heavy atom. The Balaban J connectivity index is 1.83. The van der Waals surface area contributed by atoms with E-state index in [2.05, 4.69) is 31.8 Å². The summed E-state index contributed by atoms with van der Waals surface area (Å²) in [6.07, 6.45) is 3.06. The minimum absolute atomic E-state index is 0.216. The van der Waals surface area contributed by atoms with E-state index < -0.39 is 29.5 Å². The summed E-state index contributed by atoms with van der Waals surface area (Å²) in [5, 5.41) is 0. The lowest BCUT2D eigenvalue weighted by atomic mass is 10.0. The molecule has 0 aliphatic rings. The molecule has 7 nitrogen and oxygen atoms in total. The van der Waals surface area contributed by atoms with E-state index in [4.69, 9.17) is 0 Å². The number of carbonyl (C=O) groups is 2. The second-order valence-electron chi connectivity index (χ2n) is 6.69. The minimum atomic E-state index is -1.03. The van der Waals surface area contributed by atoms with Gasteiger partial charge in [0.05, 0.1) is 17.4 Å². The first kappa shape index (κ1) is 20.0. The van der Waals surface area contributed by atoms with Crippen LogP contribution in [0.25, 0.3) is 11.0 Å². The summed E-state index contributed by atoms with van der Waals surface area (Å²) in [5.41, 5.74) is 5.63. The van der Waals surface area contributed by atoms with E-state index in [0.717, 1.165) is 16.6 Å². The number of fused-ring (bicyclic) bond motifs is 1. The molecule has 2 amide bonds. The van der Waals surface area contributed by atoms with Crippen molar-refractivity contribution in [3.8, 4) is 0 Å². The van der Waals surface area contributed by atoms with Crippen LogP contribution in [0.2, 0.25) is 0 Å². The monoisotopic (exact) mass is 453 g/mol. The summed E-state index contributed by atoms with van der Waals surface area (Å²) < 4.78 is 30.9. The van der Waals surface area contributed by atoms with Crippen molar-refractivity contribution in [1.82, 2.24) is 25.0 Å². The zero-order valence-electron chi connectivity index (χ0n) is 15.3. The van der Waals surface area contributed by atoms with Gasteiger partial charge in [-0.1, -0.05) is 13.8 Å². The molecule has 1 unspecified atom stereocenters. The molecular weight excluding hydrogens is 436 g/mol. The molecule has 28 heavy (non-hydrogen) atoms. The summed E-state index contributed by atoms with van der Waals surface area (Å²) >= 11 is 3.28. The number of imidazole rings is 1. The van der Waals surface area contributed by atoms with Crippen LogP contribution < -0.4 is 10.9 Å². The zero-order valence-corrected chi connectivity index (χ0v) is 16.9. The van der Waals surface area contributed by atoms with E-state index in [0.29, 0.717) is 5.69 Å².